The molecule has 0 aliphatic carbocycles. The summed E-state index contributed by atoms with van der Waals surface area (Å²) in [6.07, 6.45) is -3.22. The Balaban J connectivity index is 1.45. The van der Waals surface area contributed by atoms with Gasteiger partial charge < -0.3 is 15.0 Å². The number of anilines is 2. The Labute approximate surface area is 190 Å². The number of alkyl halides is 3. The summed E-state index contributed by atoms with van der Waals surface area (Å²) in [6, 6.07) is 13.8. The molecule has 1 aromatic heterocycles. The van der Waals surface area contributed by atoms with Gasteiger partial charge >= 0.3 is 6.18 Å². The molecular weight excluding hydrogens is 431 g/mol. The van der Waals surface area contributed by atoms with Crippen molar-refractivity contribution in [1.82, 2.24) is 4.98 Å². The van der Waals surface area contributed by atoms with Crippen LogP contribution in [0, 0.1) is 11.8 Å². The number of nitrogens with zero attached hydrogens (tertiary/aromatic N) is 2. The van der Waals surface area contributed by atoms with Gasteiger partial charge in [-0.3, -0.25) is 4.79 Å². The number of pyridine rings is 1. The first-order valence-electron chi connectivity index (χ1n) is 10.9. The van der Waals surface area contributed by atoms with E-state index >= 15 is 0 Å². The zero-order chi connectivity index (χ0) is 23.6. The van der Waals surface area contributed by atoms with Gasteiger partial charge in [-0.15, -0.1) is 0 Å². The maximum absolute atomic E-state index is 12.7. The van der Waals surface area contributed by atoms with E-state index in [2.05, 4.69) is 24.1 Å². The van der Waals surface area contributed by atoms with Crippen LogP contribution in [-0.4, -0.2) is 30.6 Å². The highest BCUT2D eigenvalue weighted by Crippen LogP contribution is 2.31. The fraction of sp³-hybridized carbons (Fsp3) is 0.360. The van der Waals surface area contributed by atoms with E-state index in [4.69, 9.17) is 9.72 Å². The normalized spacial score (nSPS) is 18.9. The molecule has 1 fully saturated rings. The number of amides is 1. The van der Waals surface area contributed by atoms with Gasteiger partial charge in [0.05, 0.1) is 5.56 Å². The van der Waals surface area contributed by atoms with Crippen LogP contribution in [-0.2, 0) is 11.0 Å². The molecule has 4 rings (SSSR count). The molecule has 2 unspecified atom stereocenters. The van der Waals surface area contributed by atoms with Gasteiger partial charge in [-0.05, 0) is 60.7 Å². The molecule has 1 amide bonds. The van der Waals surface area contributed by atoms with Gasteiger partial charge in [0.1, 0.15) is 17.1 Å². The summed E-state index contributed by atoms with van der Waals surface area (Å²) < 4.78 is 43.8. The maximum atomic E-state index is 12.7. The third-order valence-electron chi connectivity index (χ3n) is 5.72. The first kappa shape index (κ1) is 22.9. The second-order valence-electron chi connectivity index (χ2n) is 8.76. The lowest BCUT2D eigenvalue weighted by Gasteiger charge is -2.35. The standard InChI is InChI=1S/C25H26F3N3O2/c1-16-12-17(2)14-31(13-16)22-11-6-18-4-3-5-21(24(18)30-22)33-15-23(32)29-20-9-7-19(8-10-20)25(26,27)28/h3-11,16-17H,12-15H2,1-2H3,(H,29,32). The molecule has 33 heavy (non-hydrogen) atoms. The van der Waals surface area contributed by atoms with Crippen molar-refractivity contribution in [2.24, 2.45) is 11.8 Å². The summed E-state index contributed by atoms with van der Waals surface area (Å²) in [5.41, 5.74) is 0.165. The first-order chi connectivity index (χ1) is 15.7. The highest BCUT2D eigenvalue weighted by atomic mass is 19.4. The van der Waals surface area contributed by atoms with E-state index in [0.717, 1.165) is 36.4 Å². The number of carbonyl (C=O) groups excluding carboxylic acids is 1. The summed E-state index contributed by atoms with van der Waals surface area (Å²) in [6.45, 7) is 6.09. The fourth-order valence-corrected chi connectivity index (χ4v) is 4.34. The summed E-state index contributed by atoms with van der Waals surface area (Å²) in [5, 5.41) is 3.45. The highest BCUT2D eigenvalue weighted by molar-refractivity contribution is 5.92. The number of rotatable bonds is 5. The molecule has 1 aliphatic rings. The molecule has 0 saturated carbocycles. The van der Waals surface area contributed by atoms with Crippen LogP contribution in [0.4, 0.5) is 24.7 Å². The van der Waals surface area contributed by atoms with Crippen LogP contribution in [0.5, 0.6) is 5.75 Å². The first-order valence-corrected chi connectivity index (χ1v) is 10.9. The zero-order valence-corrected chi connectivity index (χ0v) is 18.5. The molecule has 1 N–H and O–H groups in total. The summed E-state index contributed by atoms with van der Waals surface area (Å²) >= 11 is 0. The van der Waals surface area contributed by atoms with Gasteiger partial charge in [0.15, 0.2) is 6.61 Å². The monoisotopic (exact) mass is 457 g/mol. The molecule has 8 heteroatoms. The largest absolute Gasteiger partial charge is 0.481 e. The second kappa shape index (κ2) is 9.29. The fourth-order valence-electron chi connectivity index (χ4n) is 4.34. The van der Waals surface area contributed by atoms with Crippen molar-refractivity contribution in [1.29, 1.82) is 0 Å². The Morgan fingerprint density at radius 2 is 1.76 bits per heavy atom. The van der Waals surface area contributed by atoms with E-state index in [1.54, 1.807) is 6.07 Å². The summed E-state index contributed by atoms with van der Waals surface area (Å²) in [5.74, 6) is 2.07. The Morgan fingerprint density at radius 3 is 2.42 bits per heavy atom. The number of hydrogen-bond donors (Lipinski definition) is 1. The highest BCUT2D eigenvalue weighted by Gasteiger charge is 2.30. The van der Waals surface area contributed by atoms with Gasteiger partial charge in [-0.25, -0.2) is 4.98 Å². The van der Waals surface area contributed by atoms with Gasteiger partial charge in [0.25, 0.3) is 5.91 Å². The van der Waals surface area contributed by atoms with Crippen LogP contribution in [0.25, 0.3) is 10.9 Å². The summed E-state index contributed by atoms with van der Waals surface area (Å²) in [4.78, 5) is 19.4. The minimum atomic E-state index is -4.42. The van der Waals surface area contributed by atoms with Crippen LogP contribution in [0.3, 0.4) is 0 Å². The Bertz CT molecular complexity index is 1120. The Morgan fingerprint density at radius 1 is 1.06 bits per heavy atom. The quantitative estimate of drug-likeness (QED) is 0.530. The smallest absolute Gasteiger partial charge is 0.416 e. The maximum Gasteiger partial charge on any atom is 0.416 e. The zero-order valence-electron chi connectivity index (χ0n) is 18.5. The molecule has 1 saturated heterocycles. The number of halogens is 3. The number of aromatic nitrogens is 1. The number of nitrogens with one attached hydrogen (secondary N) is 1. The van der Waals surface area contributed by atoms with Crippen LogP contribution in [0.2, 0.25) is 0 Å². The number of benzene rings is 2. The van der Waals surface area contributed by atoms with Crippen LogP contribution < -0.4 is 15.0 Å². The predicted molar refractivity (Wildman–Crippen MR) is 122 cm³/mol. The third kappa shape index (κ3) is 5.56. The minimum Gasteiger partial charge on any atom is -0.481 e. The number of fused-ring (bicyclic) bond motifs is 1. The van der Waals surface area contributed by atoms with E-state index in [9.17, 15) is 18.0 Å². The lowest BCUT2D eigenvalue weighted by Crippen LogP contribution is -2.39. The van der Waals surface area contributed by atoms with Gasteiger partial charge in [-0.1, -0.05) is 26.0 Å². The van der Waals surface area contributed by atoms with E-state index < -0.39 is 17.6 Å². The van der Waals surface area contributed by atoms with Crippen molar-refractivity contribution < 1.29 is 22.7 Å². The van der Waals surface area contributed by atoms with E-state index in [0.29, 0.717) is 23.1 Å². The predicted octanol–water partition coefficient (Wildman–Crippen LogP) is 5.75. The Kier molecular flexibility index (Phi) is 6.44. The molecular formula is C25H26F3N3O2. The molecule has 1 aliphatic heterocycles. The SMILES string of the molecule is CC1CC(C)CN(c2ccc3cccc(OCC(=O)Nc4ccc(C(F)(F)F)cc4)c3n2)C1. The molecule has 2 aromatic carbocycles. The average Bonchev–Trinajstić information content (AvgIpc) is 2.76. The van der Waals surface area contributed by atoms with E-state index in [1.807, 2.05) is 24.3 Å². The molecule has 3 aromatic rings. The molecule has 5 nitrogen and oxygen atoms in total. The Hall–Kier alpha value is -3.29. The van der Waals surface area contributed by atoms with Crippen LogP contribution in [0.15, 0.2) is 54.6 Å². The third-order valence-corrected chi connectivity index (χ3v) is 5.72. The van der Waals surface area contributed by atoms with Crippen LogP contribution in [0.1, 0.15) is 25.8 Å². The number of ether oxygens (including phenoxy) is 1. The van der Waals surface area contributed by atoms with Crippen molar-refractivity contribution in [3.8, 4) is 5.75 Å². The second-order valence-corrected chi connectivity index (χ2v) is 8.76. The van der Waals surface area contributed by atoms with Gasteiger partial charge in [-0.2, -0.15) is 13.2 Å². The molecule has 2 heterocycles. The molecule has 174 valence electrons. The number of para-hydroxylation sites is 1. The molecule has 0 radical (unpaired) electrons. The van der Waals surface area contributed by atoms with Gasteiger partial charge in [0, 0.05) is 24.2 Å². The van der Waals surface area contributed by atoms with Crippen molar-refractivity contribution >= 4 is 28.3 Å². The molecule has 2 atom stereocenters. The van der Waals surface area contributed by atoms with Crippen molar-refractivity contribution in [3.63, 3.8) is 0 Å². The van der Waals surface area contributed by atoms with Crippen molar-refractivity contribution in [2.75, 3.05) is 29.9 Å². The van der Waals surface area contributed by atoms with Crippen molar-refractivity contribution in [3.05, 3.63) is 60.2 Å². The topological polar surface area (TPSA) is 54.5 Å². The number of piperidine rings is 1. The lowest BCUT2D eigenvalue weighted by molar-refractivity contribution is -0.137. The molecule has 0 bridgehead atoms. The van der Waals surface area contributed by atoms with Crippen LogP contribution >= 0.6 is 0 Å². The lowest BCUT2D eigenvalue weighted by atomic mass is 9.92. The van der Waals surface area contributed by atoms with E-state index in [1.165, 1.54) is 18.6 Å². The minimum absolute atomic E-state index is 0.267. The average molecular weight is 457 g/mol. The molecule has 0 spiro atoms. The van der Waals surface area contributed by atoms with Crippen molar-refractivity contribution in [2.45, 2.75) is 26.4 Å². The number of carbonyl (C=O) groups is 1. The number of hydrogen-bond acceptors (Lipinski definition) is 4. The summed E-state index contributed by atoms with van der Waals surface area (Å²) in [7, 11) is 0. The van der Waals surface area contributed by atoms with Gasteiger partial charge in [0.2, 0.25) is 0 Å². The van der Waals surface area contributed by atoms with E-state index in [-0.39, 0.29) is 12.3 Å².